The molecule has 2 aromatic rings. The molecule has 2 rings (SSSR count). The number of amides is 1. The Labute approximate surface area is 128 Å². The van der Waals surface area contributed by atoms with Crippen molar-refractivity contribution in [1.82, 2.24) is 20.3 Å². The van der Waals surface area contributed by atoms with Crippen LogP contribution in [0.3, 0.4) is 0 Å². The minimum absolute atomic E-state index is 0.0322. The van der Waals surface area contributed by atoms with E-state index in [1.54, 1.807) is 18.0 Å². The van der Waals surface area contributed by atoms with Crippen LogP contribution in [0.4, 0.5) is 5.13 Å². The zero-order valence-corrected chi connectivity index (χ0v) is 13.2. The van der Waals surface area contributed by atoms with E-state index in [1.807, 2.05) is 18.5 Å². The van der Waals surface area contributed by atoms with Crippen LogP contribution in [0, 0.1) is 0 Å². The van der Waals surface area contributed by atoms with Crippen LogP contribution in [0.2, 0.25) is 0 Å². The van der Waals surface area contributed by atoms with Gasteiger partial charge in [0.1, 0.15) is 5.82 Å². The maximum Gasteiger partial charge on any atom is 0.225 e. The highest BCUT2D eigenvalue weighted by Gasteiger charge is 2.12. The van der Waals surface area contributed by atoms with Gasteiger partial charge in [0, 0.05) is 44.2 Å². The number of rotatable bonds is 8. The largest absolute Gasteiger partial charge is 0.349 e. The lowest BCUT2D eigenvalue weighted by atomic mass is 10.3. The second-order valence-corrected chi connectivity index (χ2v) is 5.54. The predicted octanol–water partition coefficient (Wildman–Crippen LogP) is 1.96. The van der Waals surface area contributed by atoms with Crippen molar-refractivity contribution < 1.29 is 4.79 Å². The summed E-state index contributed by atoms with van der Waals surface area (Å²) in [4.78, 5) is 24.9. The molecule has 0 saturated heterocycles. The number of hydrogen-bond acceptors (Lipinski definition) is 5. The molecule has 0 fully saturated rings. The maximum absolute atomic E-state index is 11.5. The summed E-state index contributed by atoms with van der Waals surface area (Å²) in [6.45, 7) is 5.81. The third-order valence-corrected chi connectivity index (χ3v) is 4.01. The lowest BCUT2D eigenvalue weighted by molar-refractivity contribution is -0.116. The van der Waals surface area contributed by atoms with Gasteiger partial charge in [0.2, 0.25) is 5.91 Å². The number of thiazole rings is 1. The standard InChI is InChI=1S/C14H21N5OS/c1-3-19(11(2)20)14-18-12(10-21-14)9-15-6-4-5-13-16-7-8-17-13/h7-8,10,15H,3-6,9H2,1-2H3,(H,16,17). The molecule has 0 atom stereocenters. The van der Waals surface area contributed by atoms with Gasteiger partial charge in [-0.2, -0.15) is 0 Å². The summed E-state index contributed by atoms with van der Waals surface area (Å²) in [7, 11) is 0. The molecule has 0 saturated carbocycles. The van der Waals surface area contributed by atoms with E-state index in [0.717, 1.165) is 42.6 Å². The first-order valence-corrected chi connectivity index (χ1v) is 8.00. The van der Waals surface area contributed by atoms with Crippen LogP contribution in [0.25, 0.3) is 0 Å². The number of H-pyrrole nitrogens is 1. The first kappa shape index (κ1) is 15.7. The molecule has 2 N–H and O–H groups in total. The SMILES string of the molecule is CCN(C(C)=O)c1nc(CNCCCc2ncc[nH]2)cs1. The van der Waals surface area contributed by atoms with Gasteiger partial charge in [-0.3, -0.25) is 9.69 Å². The van der Waals surface area contributed by atoms with Gasteiger partial charge in [-0.15, -0.1) is 11.3 Å². The summed E-state index contributed by atoms with van der Waals surface area (Å²) in [5, 5.41) is 6.14. The molecule has 114 valence electrons. The highest BCUT2D eigenvalue weighted by molar-refractivity contribution is 7.14. The maximum atomic E-state index is 11.5. The fraction of sp³-hybridized carbons (Fsp3) is 0.500. The Hall–Kier alpha value is -1.73. The number of nitrogens with zero attached hydrogens (tertiary/aromatic N) is 3. The second-order valence-electron chi connectivity index (χ2n) is 4.70. The highest BCUT2D eigenvalue weighted by atomic mass is 32.1. The Morgan fingerprint density at radius 1 is 1.52 bits per heavy atom. The Kier molecular flexibility index (Phi) is 5.89. The topological polar surface area (TPSA) is 73.9 Å². The van der Waals surface area contributed by atoms with Crippen molar-refractivity contribution in [2.45, 2.75) is 33.2 Å². The molecule has 0 bridgehead atoms. The molecular weight excluding hydrogens is 286 g/mol. The second kappa shape index (κ2) is 7.90. The molecule has 0 aliphatic rings. The number of aromatic nitrogens is 3. The van der Waals surface area contributed by atoms with E-state index >= 15 is 0 Å². The molecule has 21 heavy (non-hydrogen) atoms. The first-order valence-electron chi connectivity index (χ1n) is 7.12. The highest BCUT2D eigenvalue weighted by Crippen LogP contribution is 2.20. The minimum atomic E-state index is 0.0322. The normalized spacial score (nSPS) is 10.8. The number of nitrogens with one attached hydrogen (secondary N) is 2. The van der Waals surface area contributed by atoms with Gasteiger partial charge in [-0.25, -0.2) is 9.97 Å². The molecule has 0 radical (unpaired) electrons. The van der Waals surface area contributed by atoms with Gasteiger partial charge in [0.25, 0.3) is 0 Å². The number of aryl methyl sites for hydroxylation is 1. The van der Waals surface area contributed by atoms with Crippen LogP contribution < -0.4 is 10.2 Å². The summed E-state index contributed by atoms with van der Waals surface area (Å²) in [6.07, 6.45) is 5.58. The summed E-state index contributed by atoms with van der Waals surface area (Å²) in [5.74, 6) is 1.05. The molecule has 7 heteroatoms. The first-order chi connectivity index (χ1) is 10.2. The summed E-state index contributed by atoms with van der Waals surface area (Å²) >= 11 is 1.51. The van der Waals surface area contributed by atoms with Gasteiger partial charge < -0.3 is 10.3 Å². The van der Waals surface area contributed by atoms with Crippen LogP contribution in [0.15, 0.2) is 17.8 Å². The minimum Gasteiger partial charge on any atom is -0.349 e. The molecule has 0 spiro atoms. The molecular formula is C14H21N5OS. The molecule has 0 aliphatic heterocycles. The molecule has 0 unspecified atom stereocenters. The Morgan fingerprint density at radius 2 is 2.38 bits per heavy atom. The number of carbonyl (C=O) groups is 1. The molecule has 1 amide bonds. The van der Waals surface area contributed by atoms with Crippen LogP contribution in [-0.4, -0.2) is 33.9 Å². The summed E-state index contributed by atoms with van der Waals surface area (Å²) in [6, 6.07) is 0. The van der Waals surface area contributed by atoms with Crippen LogP contribution >= 0.6 is 11.3 Å². The lowest BCUT2D eigenvalue weighted by Gasteiger charge is -2.14. The summed E-state index contributed by atoms with van der Waals surface area (Å²) in [5.41, 5.74) is 0.979. The third kappa shape index (κ3) is 4.64. The predicted molar refractivity (Wildman–Crippen MR) is 84.4 cm³/mol. The van der Waals surface area contributed by atoms with E-state index in [4.69, 9.17) is 0 Å². The number of hydrogen-bond donors (Lipinski definition) is 2. The lowest BCUT2D eigenvalue weighted by Crippen LogP contribution is -2.27. The van der Waals surface area contributed by atoms with E-state index in [9.17, 15) is 4.79 Å². The van der Waals surface area contributed by atoms with Gasteiger partial charge >= 0.3 is 0 Å². The fourth-order valence-corrected chi connectivity index (χ4v) is 2.96. The molecule has 2 aromatic heterocycles. The molecule has 0 aromatic carbocycles. The number of aromatic amines is 1. The van der Waals surface area contributed by atoms with Crippen molar-refractivity contribution >= 4 is 22.4 Å². The number of imidazole rings is 1. The molecule has 0 aliphatic carbocycles. The Morgan fingerprint density at radius 3 is 3.05 bits per heavy atom. The molecule has 2 heterocycles. The van der Waals surface area contributed by atoms with E-state index in [-0.39, 0.29) is 5.91 Å². The van der Waals surface area contributed by atoms with Crippen molar-refractivity contribution in [1.29, 1.82) is 0 Å². The van der Waals surface area contributed by atoms with Crippen molar-refractivity contribution in [2.24, 2.45) is 0 Å². The van der Waals surface area contributed by atoms with Crippen molar-refractivity contribution in [3.05, 3.63) is 29.3 Å². The Bertz CT molecular complexity index is 551. The average Bonchev–Trinajstić information content (AvgIpc) is 3.11. The quantitative estimate of drug-likeness (QED) is 0.731. The smallest absolute Gasteiger partial charge is 0.225 e. The van der Waals surface area contributed by atoms with E-state index in [0.29, 0.717) is 6.54 Å². The van der Waals surface area contributed by atoms with E-state index in [2.05, 4.69) is 20.3 Å². The van der Waals surface area contributed by atoms with Crippen molar-refractivity contribution in [3.63, 3.8) is 0 Å². The average molecular weight is 307 g/mol. The zero-order chi connectivity index (χ0) is 15.1. The van der Waals surface area contributed by atoms with Gasteiger partial charge in [-0.1, -0.05) is 0 Å². The summed E-state index contributed by atoms with van der Waals surface area (Å²) < 4.78 is 0. The van der Waals surface area contributed by atoms with Crippen LogP contribution in [0.5, 0.6) is 0 Å². The monoisotopic (exact) mass is 307 g/mol. The number of carbonyl (C=O) groups excluding carboxylic acids is 1. The van der Waals surface area contributed by atoms with Gasteiger partial charge in [0.05, 0.1) is 5.69 Å². The zero-order valence-electron chi connectivity index (χ0n) is 12.4. The number of anilines is 1. The van der Waals surface area contributed by atoms with Gasteiger partial charge in [-0.05, 0) is 19.9 Å². The van der Waals surface area contributed by atoms with E-state index in [1.165, 1.54) is 11.3 Å². The van der Waals surface area contributed by atoms with Crippen molar-refractivity contribution in [3.8, 4) is 0 Å². The molecule has 6 nitrogen and oxygen atoms in total. The fourth-order valence-electron chi connectivity index (χ4n) is 2.03. The third-order valence-electron chi connectivity index (χ3n) is 3.09. The van der Waals surface area contributed by atoms with Crippen molar-refractivity contribution in [2.75, 3.05) is 18.0 Å². The van der Waals surface area contributed by atoms with Crippen LogP contribution in [-0.2, 0) is 17.8 Å². The van der Waals surface area contributed by atoms with Gasteiger partial charge in [0.15, 0.2) is 5.13 Å². The van der Waals surface area contributed by atoms with E-state index < -0.39 is 0 Å². The van der Waals surface area contributed by atoms with Crippen LogP contribution in [0.1, 0.15) is 31.8 Å². The Balaban J connectivity index is 1.71.